The van der Waals surface area contributed by atoms with Crippen molar-refractivity contribution in [2.45, 2.75) is 38.2 Å². The first-order valence-corrected chi connectivity index (χ1v) is 9.21. The van der Waals surface area contributed by atoms with Gasteiger partial charge in [0, 0.05) is 18.9 Å². The molecule has 1 N–H and O–H groups in total. The van der Waals surface area contributed by atoms with Gasteiger partial charge in [0.2, 0.25) is 5.91 Å². The third-order valence-electron chi connectivity index (χ3n) is 4.83. The van der Waals surface area contributed by atoms with Crippen molar-refractivity contribution >= 4 is 11.6 Å². The Hall–Kier alpha value is -2.84. The van der Waals surface area contributed by atoms with Crippen LogP contribution in [-0.2, 0) is 14.9 Å². The molecule has 1 aliphatic heterocycles. The molecule has 5 heteroatoms. The highest BCUT2D eigenvalue weighted by atomic mass is 16.5. The number of carbonyl (C=O) groups is 1. The maximum atomic E-state index is 13.3. The third kappa shape index (κ3) is 4.12. The van der Waals surface area contributed by atoms with E-state index in [1.54, 1.807) is 18.2 Å². The topological polar surface area (TPSA) is 71.3 Å². The Balaban J connectivity index is 1.87. The van der Waals surface area contributed by atoms with Gasteiger partial charge in [-0.3, -0.25) is 4.79 Å². The largest absolute Gasteiger partial charge is 0.490 e. The van der Waals surface area contributed by atoms with Crippen LogP contribution < -0.4 is 10.1 Å². The Morgan fingerprint density at radius 1 is 1.19 bits per heavy atom. The van der Waals surface area contributed by atoms with Crippen molar-refractivity contribution in [2.24, 2.45) is 0 Å². The lowest BCUT2D eigenvalue weighted by Crippen LogP contribution is -2.44. The van der Waals surface area contributed by atoms with Crippen molar-refractivity contribution < 1.29 is 14.3 Å². The fourth-order valence-corrected chi connectivity index (χ4v) is 3.43. The van der Waals surface area contributed by atoms with E-state index in [-0.39, 0.29) is 12.0 Å². The molecule has 1 heterocycles. The number of ether oxygens (including phenoxy) is 2. The minimum atomic E-state index is -0.626. The molecular formula is C22H24N2O3. The molecule has 140 valence electrons. The van der Waals surface area contributed by atoms with Gasteiger partial charge in [-0.15, -0.1) is 0 Å². The standard InChI is InChI=1S/C22H24N2O3/c1-16(2)27-20-9-8-19(14-17(20)15-23)24-21(25)22(10-12-26-13-11-22)18-6-4-3-5-7-18/h3-9,14,16H,10-13H2,1-2H3,(H,24,25). The van der Waals surface area contributed by atoms with Crippen LogP contribution in [0.2, 0.25) is 0 Å². The summed E-state index contributed by atoms with van der Waals surface area (Å²) in [4.78, 5) is 13.3. The molecule has 1 aliphatic rings. The number of carbonyl (C=O) groups excluding carboxylic acids is 1. The lowest BCUT2D eigenvalue weighted by atomic mass is 9.73. The summed E-state index contributed by atoms with van der Waals surface area (Å²) in [6, 6.07) is 17.1. The molecule has 0 radical (unpaired) electrons. The fraction of sp³-hybridized carbons (Fsp3) is 0.364. The Bertz CT molecular complexity index is 834. The van der Waals surface area contributed by atoms with Gasteiger partial charge in [-0.05, 0) is 50.5 Å². The average molecular weight is 364 g/mol. The first kappa shape index (κ1) is 18.9. The highest BCUT2D eigenvalue weighted by molar-refractivity contribution is 5.99. The van der Waals surface area contributed by atoms with Gasteiger partial charge in [0.1, 0.15) is 11.8 Å². The predicted molar refractivity (Wildman–Crippen MR) is 104 cm³/mol. The van der Waals surface area contributed by atoms with Crippen molar-refractivity contribution in [3.63, 3.8) is 0 Å². The number of nitrogens with one attached hydrogen (secondary N) is 1. The van der Waals surface area contributed by atoms with E-state index >= 15 is 0 Å². The van der Waals surface area contributed by atoms with Crippen molar-refractivity contribution in [2.75, 3.05) is 18.5 Å². The molecule has 1 fully saturated rings. The molecule has 1 saturated heterocycles. The van der Waals surface area contributed by atoms with Gasteiger partial charge in [-0.1, -0.05) is 30.3 Å². The lowest BCUT2D eigenvalue weighted by molar-refractivity contribution is -0.125. The van der Waals surface area contributed by atoms with Gasteiger partial charge in [-0.2, -0.15) is 5.26 Å². The van der Waals surface area contributed by atoms with Crippen molar-refractivity contribution in [1.82, 2.24) is 0 Å². The van der Waals surface area contributed by atoms with Gasteiger partial charge in [0.05, 0.1) is 17.1 Å². The number of hydrogen-bond donors (Lipinski definition) is 1. The minimum absolute atomic E-state index is 0.0267. The number of nitrogens with zero attached hydrogens (tertiary/aromatic N) is 1. The van der Waals surface area contributed by atoms with E-state index in [9.17, 15) is 10.1 Å². The number of amides is 1. The van der Waals surface area contributed by atoms with Gasteiger partial charge in [-0.25, -0.2) is 0 Å². The minimum Gasteiger partial charge on any atom is -0.490 e. The van der Waals surface area contributed by atoms with Crippen LogP contribution in [0.15, 0.2) is 48.5 Å². The molecule has 0 aliphatic carbocycles. The van der Waals surface area contributed by atoms with E-state index in [2.05, 4.69) is 11.4 Å². The predicted octanol–water partition coefficient (Wildman–Crippen LogP) is 4.03. The highest BCUT2D eigenvalue weighted by Gasteiger charge is 2.41. The molecular weight excluding hydrogens is 340 g/mol. The van der Waals surface area contributed by atoms with E-state index in [1.807, 2.05) is 44.2 Å². The number of benzene rings is 2. The van der Waals surface area contributed by atoms with E-state index in [0.29, 0.717) is 43.1 Å². The average Bonchev–Trinajstić information content (AvgIpc) is 2.70. The monoisotopic (exact) mass is 364 g/mol. The van der Waals surface area contributed by atoms with Crippen molar-refractivity contribution in [3.05, 3.63) is 59.7 Å². The van der Waals surface area contributed by atoms with Gasteiger partial charge in [0.25, 0.3) is 0 Å². The van der Waals surface area contributed by atoms with Crippen LogP contribution in [-0.4, -0.2) is 25.2 Å². The maximum absolute atomic E-state index is 13.3. The van der Waals surface area contributed by atoms with E-state index in [1.165, 1.54) is 0 Å². The van der Waals surface area contributed by atoms with Crippen LogP contribution in [0.5, 0.6) is 5.75 Å². The van der Waals surface area contributed by atoms with E-state index in [4.69, 9.17) is 9.47 Å². The molecule has 0 unspecified atom stereocenters. The van der Waals surface area contributed by atoms with Crippen LogP contribution >= 0.6 is 0 Å². The molecule has 0 saturated carbocycles. The summed E-state index contributed by atoms with van der Waals surface area (Å²) >= 11 is 0. The quantitative estimate of drug-likeness (QED) is 0.869. The van der Waals surface area contributed by atoms with Crippen LogP contribution in [0.3, 0.4) is 0 Å². The van der Waals surface area contributed by atoms with E-state index in [0.717, 1.165) is 5.56 Å². The van der Waals surface area contributed by atoms with Crippen molar-refractivity contribution in [3.8, 4) is 11.8 Å². The summed E-state index contributed by atoms with van der Waals surface area (Å²) in [6.45, 7) is 4.91. The Labute approximate surface area is 159 Å². The zero-order valence-corrected chi connectivity index (χ0v) is 15.7. The number of rotatable bonds is 5. The Morgan fingerprint density at radius 3 is 2.52 bits per heavy atom. The summed E-state index contributed by atoms with van der Waals surface area (Å²) < 4.78 is 11.1. The van der Waals surface area contributed by atoms with Crippen LogP contribution in [0, 0.1) is 11.3 Å². The number of anilines is 1. The molecule has 0 aromatic heterocycles. The summed E-state index contributed by atoms with van der Waals surface area (Å²) in [5.41, 5.74) is 1.36. The number of hydrogen-bond acceptors (Lipinski definition) is 4. The molecule has 1 amide bonds. The zero-order chi connectivity index (χ0) is 19.3. The molecule has 3 rings (SSSR count). The maximum Gasteiger partial charge on any atom is 0.235 e. The van der Waals surface area contributed by atoms with Crippen LogP contribution in [0.25, 0.3) is 0 Å². The summed E-state index contributed by atoms with van der Waals surface area (Å²) in [5.74, 6) is 0.452. The number of nitriles is 1. The SMILES string of the molecule is CC(C)Oc1ccc(NC(=O)C2(c3ccccc3)CCOCC2)cc1C#N. The van der Waals surface area contributed by atoms with Gasteiger partial charge < -0.3 is 14.8 Å². The van der Waals surface area contributed by atoms with Crippen LogP contribution in [0.1, 0.15) is 37.8 Å². The first-order chi connectivity index (χ1) is 13.0. The fourth-order valence-electron chi connectivity index (χ4n) is 3.43. The lowest BCUT2D eigenvalue weighted by Gasteiger charge is -2.36. The van der Waals surface area contributed by atoms with E-state index < -0.39 is 5.41 Å². The second-order valence-corrected chi connectivity index (χ2v) is 7.00. The van der Waals surface area contributed by atoms with Crippen molar-refractivity contribution in [1.29, 1.82) is 5.26 Å². The summed E-state index contributed by atoms with van der Waals surface area (Å²) in [6.07, 6.45) is 1.23. The second-order valence-electron chi connectivity index (χ2n) is 7.00. The molecule has 0 spiro atoms. The highest BCUT2D eigenvalue weighted by Crippen LogP contribution is 2.36. The first-order valence-electron chi connectivity index (χ1n) is 9.21. The molecule has 5 nitrogen and oxygen atoms in total. The smallest absolute Gasteiger partial charge is 0.235 e. The summed E-state index contributed by atoms with van der Waals surface area (Å²) in [5, 5.41) is 12.4. The Kier molecular flexibility index (Phi) is 5.78. The molecule has 2 aromatic rings. The summed E-state index contributed by atoms with van der Waals surface area (Å²) in [7, 11) is 0. The normalized spacial score (nSPS) is 15.8. The Morgan fingerprint density at radius 2 is 1.89 bits per heavy atom. The van der Waals surface area contributed by atoms with Gasteiger partial charge in [0.15, 0.2) is 0 Å². The molecule has 2 aromatic carbocycles. The molecule has 0 atom stereocenters. The van der Waals surface area contributed by atoms with Crippen LogP contribution in [0.4, 0.5) is 5.69 Å². The third-order valence-corrected chi connectivity index (χ3v) is 4.83. The second kappa shape index (κ2) is 8.24. The zero-order valence-electron chi connectivity index (χ0n) is 15.7. The van der Waals surface area contributed by atoms with Gasteiger partial charge >= 0.3 is 0 Å². The molecule has 27 heavy (non-hydrogen) atoms. The molecule has 0 bridgehead atoms.